The number of benzene rings is 2. The minimum absolute atomic E-state index is 0.157. The number of carbonyl (C=O) groups is 2. The zero-order valence-corrected chi connectivity index (χ0v) is 14.5. The smallest absolute Gasteiger partial charge is 0.251 e. The molecule has 130 valence electrons. The summed E-state index contributed by atoms with van der Waals surface area (Å²) in [6.45, 7) is 2.61. The van der Waals surface area contributed by atoms with Gasteiger partial charge < -0.3 is 10.1 Å². The van der Waals surface area contributed by atoms with Gasteiger partial charge in [-0.25, -0.2) is 4.90 Å². The summed E-state index contributed by atoms with van der Waals surface area (Å²) in [4.78, 5) is 26.1. The van der Waals surface area contributed by atoms with E-state index in [2.05, 4.69) is 5.32 Å². The van der Waals surface area contributed by atoms with Gasteiger partial charge in [-0.2, -0.15) is 0 Å². The topological polar surface area (TPSA) is 58.6 Å². The van der Waals surface area contributed by atoms with E-state index < -0.39 is 6.04 Å². The Morgan fingerprint density at radius 2 is 1.76 bits per heavy atom. The van der Waals surface area contributed by atoms with E-state index in [1.165, 1.54) is 4.90 Å². The lowest BCUT2D eigenvalue weighted by Gasteiger charge is -2.16. The highest BCUT2D eigenvalue weighted by atomic mass is 16.5. The Hall–Kier alpha value is -2.66. The Bertz CT molecular complexity index is 754. The standard InChI is InChI=1S/C20H22N2O3/c1-14-3-7-16(8-4-14)22-19(23)13-18(20(22)24)21-12-11-15-5-9-17(25-2)10-6-15/h3-10,18,21H,11-13H2,1-2H3/t18-/m1/s1. The number of carbonyl (C=O) groups excluding carboxylic acids is 2. The zero-order valence-electron chi connectivity index (χ0n) is 14.5. The van der Waals surface area contributed by atoms with Crippen LogP contribution in [0.1, 0.15) is 17.5 Å². The van der Waals surface area contributed by atoms with Crippen LogP contribution in [0.15, 0.2) is 48.5 Å². The number of hydrogen-bond acceptors (Lipinski definition) is 4. The van der Waals surface area contributed by atoms with Gasteiger partial charge in [-0.1, -0.05) is 29.8 Å². The van der Waals surface area contributed by atoms with Crippen LogP contribution in [0.5, 0.6) is 5.75 Å². The lowest BCUT2D eigenvalue weighted by Crippen LogP contribution is -2.39. The molecule has 0 saturated carbocycles. The first-order valence-corrected chi connectivity index (χ1v) is 8.38. The lowest BCUT2D eigenvalue weighted by molar-refractivity contribution is -0.121. The quantitative estimate of drug-likeness (QED) is 0.822. The van der Waals surface area contributed by atoms with Gasteiger partial charge in [0.15, 0.2) is 0 Å². The van der Waals surface area contributed by atoms with Crippen LogP contribution in [-0.2, 0) is 16.0 Å². The van der Waals surface area contributed by atoms with Crippen molar-refractivity contribution < 1.29 is 14.3 Å². The monoisotopic (exact) mass is 338 g/mol. The fourth-order valence-corrected chi connectivity index (χ4v) is 2.94. The first-order chi connectivity index (χ1) is 12.1. The first kappa shape index (κ1) is 17.2. The molecule has 1 heterocycles. The van der Waals surface area contributed by atoms with Crippen LogP contribution in [0, 0.1) is 6.92 Å². The molecule has 3 rings (SSSR count). The molecular formula is C20H22N2O3. The highest BCUT2D eigenvalue weighted by Gasteiger charge is 2.39. The summed E-state index contributed by atoms with van der Waals surface area (Å²) in [5, 5.41) is 3.21. The van der Waals surface area contributed by atoms with Crippen LogP contribution in [0.2, 0.25) is 0 Å². The summed E-state index contributed by atoms with van der Waals surface area (Å²) in [5.74, 6) is 0.487. The number of imide groups is 1. The third kappa shape index (κ3) is 3.88. The van der Waals surface area contributed by atoms with Crippen LogP contribution in [-0.4, -0.2) is 31.5 Å². The Morgan fingerprint density at radius 3 is 2.40 bits per heavy atom. The molecule has 0 aromatic heterocycles. The molecule has 2 amide bonds. The summed E-state index contributed by atoms with van der Waals surface area (Å²) in [6, 6.07) is 14.8. The van der Waals surface area contributed by atoms with Gasteiger partial charge in [-0.05, 0) is 49.7 Å². The number of rotatable bonds is 6. The third-order valence-corrected chi connectivity index (χ3v) is 4.40. The van der Waals surface area contributed by atoms with Crippen molar-refractivity contribution in [3.63, 3.8) is 0 Å². The van der Waals surface area contributed by atoms with Gasteiger partial charge in [-0.15, -0.1) is 0 Å². The second-order valence-corrected chi connectivity index (χ2v) is 6.21. The van der Waals surface area contributed by atoms with Gasteiger partial charge >= 0.3 is 0 Å². The number of hydrogen-bond donors (Lipinski definition) is 1. The van der Waals surface area contributed by atoms with Gasteiger partial charge in [0.25, 0.3) is 5.91 Å². The SMILES string of the molecule is COc1ccc(CCN[C@@H]2CC(=O)N(c3ccc(C)cc3)C2=O)cc1. The second kappa shape index (κ2) is 7.49. The molecule has 5 nitrogen and oxygen atoms in total. The summed E-state index contributed by atoms with van der Waals surface area (Å²) < 4.78 is 5.14. The molecule has 1 atom stereocenters. The fourth-order valence-electron chi connectivity index (χ4n) is 2.94. The Kier molecular flexibility index (Phi) is 5.14. The molecule has 1 fully saturated rings. The van der Waals surface area contributed by atoms with Gasteiger partial charge in [0.05, 0.1) is 25.3 Å². The predicted molar refractivity (Wildman–Crippen MR) is 96.8 cm³/mol. The number of anilines is 1. The summed E-state index contributed by atoms with van der Waals surface area (Å²) in [5.41, 5.74) is 2.89. The van der Waals surface area contributed by atoms with Crippen molar-refractivity contribution in [1.29, 1.82) is 0 Å². The van der Waals surface area contributed by atoms with Crippen molar-refractivity contribution >= 4 is 17.5 Å². The van der Waals surface area contributed by atoms with Crippen LogP contribution in [0.25, 0.3) is 0 Å². The van der Waals surface area contributed by atoms with Gasteiger partial charge in [0, 0.05) is 0 Å². The number of methoxy groups -OCH3 is 1. The normalized spacial score (nSPS) is 17.2. The molecule has 2 aromatic rings. The zero-order chi connectivity index (χ0) is 17.8. The number of ether oxygens (including phenoxy) is 1. The molecule has 0 spiro atoms. The average molecular weight is 338 g/mol. The van der Waals surface area contributed by atoms with Gasteiger partial charge in [0.1, 0.15) is 5.75 Å². The van der Waals surface area contributed by atoms with Gasteiger partial charge in [0.2, 0.25) is 5.91 Å². The van der Waals surface area contributed by atoms with E-state index in [0.717, 1.165) is 23.3 Å². The molecule has 0 aliphatic carbocycles. The van der Waals surface area contributed by atoms with E-state index in [1.807, 2.05) is 55.5 Å². The van der Waals surface area contributed by atoms with E-state index >= 15 is 0 Å². The summed E-state index contributed by atoms with van der Waals surface area (Å²) in [6.07, 6.45) is 0.988. The number of aryl methyl sites for hydroxylation is 1. The molecule has 0 radical (unpaired) electrons. The largest absolute Gasteiger partial charge is 0.497 e. The molecule has 1 aliphatic rings. The molecule has 2 aromatic carbocycles. The minimum atomic E-state index is -0.452. The lowest BCUT2D eigenvalue weighted by atomic mass is 10.1. The Morgan fingerprint density at radius 1 is 1.08 bits per heavy atom. The molecular weight excluding hydrogens is 316 g/mol. The summed E-state index contributed by atoms with van der Waals surface area (Å²) >= 11 is 0. The van der Waals surface area contributed by atoms with Crippen molar-refractivity contribution in [1.82, 2.24) is 5.32 Å². The second-order valence-electron chi connectivity index (χ2n) is 6.21. The van der Waals surface area contributed by atoms with E-state index in [4.69, 9.17) is 4.74 Å². The first-order valence-electron chi connectivity index (χ1n) is 8.38. The highest BCUT2D eigenvalue weighted by molar-refractivity contribution is 6.22. The maximum absolute atomic E-state index is 12.6. The van der Waals surface area contributed by atoms with Gasteiger partial charge in [-0.3, -0.25) is 9.59 Å². The van der Waals surface area contributed by atoms with Crippen LogP contribution >= 0.6 is 0 Å². The molecule has 25 heavy (non-hydrogen) atoms. The maximum Gasteiger partial charge on any atom is 0.251 e. The highest BCUT2D eigenvalue weighted by Crippen LogP contribution is 2.23. The molecule has 1 saturated heterocycles. The van der Waals surface area contributed by atoms with E-state index in [0.29, 0.717) is 12.2 Å². The summed E-state index contributed by atoms with van der Waals surface area (Å²) in [7, 11) is 1.64. The molecule has 5 heteroatoms. The van der Waals surface area contributed by atoms with E-state index in [9.17, 15) is 9.59 Å². The molecule has 1 aliphatic heterocycles. The van der Waals surface area contributed by atoms with Crippen molar-refractivity contribution in [2.45, 2.75) is 25.8 Å². The van der Waals surface area contributed by atoms with Crippen molar-refractivity contribution in [3.05, 3.63) is 59.7 Å². The minimum Gasteiger partial charge on any atom is -0.497 e. The van der Waals surface area contributed by atoms with Crippen LogP contribution in [0.3, 0.4) is 0 Å². The third-order valence-electron chi connectivity index (χ3n) is 4.40. The molecule has 0 unspecified atom stereocenters. The van der Waals surface area contributed by atoms with Crippen LogP contribution in [0.4, 0.5) is 5.69 Å². The van der Waals surface area contributed by atoms with Crippen LogP contribution < -0.4 is 15.0 Å². The Labute approximate surface area is 147 Å². The van der Waals surface area contributed by atoms with Crippen molar-refractivity contribution in [3.8, 4) is 5.75 Å². The van der Waals surface area contributed by atoms with Crippen molar-refractivity contribution in [2.75, 3.05) is 18.6 Å². The maximum atomic E-state index is 12.6. The average Bonchev–Trinajstić information content (AvgIpc) is 2.90. The molecule has 0 bridgehead atoms. The molecule has 1 N–H and O–H groups in total. The number of nitrogens with one attached hydrogen (secondary N) is 1. The fraction of sp³-hybridized carbons (Fsp3) is 0.300. The number of nitrogens with zero attached hydrogens (tertiary/aromatic N) is 1. The van der Waals surface area contributed by atoms with E-state index in [1.54, 1.807) is 7.11 Å². The van der Waals surface area contributed by atoms with E-state index in [-0.39, 0.29) is 18.2 Å². The predicted octanol–water partition coefficient (Wildman–Crippen LogP) is 2.47. The Balaban J connectivity index is 1.57. The van der Waals surface area contributed by atoms with Crippen molar-refractivity contribution in [2.24, 2.45) is 0 Å². The number of amides is 2.